The molecule has 0 aliphatic carbocycles. The molecule has 1 aromatic carbocycles. The summed E-state index contributed by atoms with van der Waals surface area (Å²) in [4.78, 5) is 12.3. The van der Waals surface area contributed by atoms with Crippen molar-refractivity contribution in [3.8, 4) is 0 Å². The normalized spacial score (nSPS) is 14.2. The molecule has 0 fully saturated rings. The third kappa shape index (κ3) is 4.64. The number of carbonyl (C=O) groups excluding carboxylic acids is 1. The maximum absolute atomic E-state index is 13.5. The summed E-state index contributed by atoms with van der Waals surface area (Å²) >= 11 is 2.95. The molecule has 10 heteroatoms. The van der Waals surface area contributed by atoms with Crippen molar-refractivity contribution in [3.05, 3.63) is 27.7 Å². The van der Waals surface area contributed by atoms with E-state index >= 15 is 0 Å². The molecule has 0 aliphatic rings. The van der Waals surface area contributed by atoms with E-state index in [1.165, 1.54) is 26.8 Å². The van der Waals surface area contributed by atoms with Crippen LogP contribution >= 0.6 is 15.9 Å². The molecule has 3 nitrogen and oxygen atoms in total. The van der Waals surface area contributed by atoms with E-state index in [-0.39, 0.29) is 10.0 Å². The Morgan fingerprint density at radius 1 is 0.929 bits per heavy atom. The number of hydrogen-bond acceptors (Lipinski definition) is 2. The summed E-state index contributed by atoms with van der Waals surface area (Å²) in [7, 11) is 0. The highest BCUT2D eigenvalue weighted by Crippen LogP contribution is 2.53. The van der Waals surface area contributed by atoms with Crippen LogP contribution in [0.25, 0.3) is 0 Å². The van der Waals surface area contributed by atoms with Crippen LogP contribution in [0, 0.1) is 5.41 Å². The van der Waals surface area contributed by atoms with Crippen molar-refractivity contribution in [1.82, 2.24) is 0 Å². The lowest BCUT2D eigenvalue weighted by atomic mass is 9.81. The minimum Gasteiger partial charge on any atom is -0.369 e. The number of rotatable bonds is 2. The topological polar surface area (TPSA) is 49.3 Å². The van der Waals surface area contributed by atoms with Crippen molar-refractivity contribution in [2.24, 2.45) is 5.41 Å². The van der Waals surface area contributed by atoms with Gasteiger partial charge in [0.15, 0.2) is 0 Å². The summed E-state index contributed by atoms with van der Waals surface area (Å²) in [5, 5.41) is 12.0. The molecule has 0 unspecified atom stereocenters. The van der Waals surface area contributed by atoms with Gasteiger partial charge in [-0.2, -0.15) is 26.3 Å². The Kier molecular flexibility index (Phi) is 6.36. The third-order valence-corrected chi connectivity index (χ3v) is 4.71. The molecule has 2 N–H and O–H groups in total. The van der Waals surface area contributed by atoms with E-state index in [4.69, 9.17) is 0 Å². The molecule has 28 heavy (non-hydrogen) atoms. The smallest absolute Gasteiger partial charge is 0.369 e. The van der Waals surface area contributed by atoms with Crippen molar-refractivity contribution >= 4 is 27.5 Å². The first-order chi connectivity index (χ1) is 12.1. The molecule has 0 radical (unpaired) electrons. The Bertz CT molecular complexity index is 744. The first-order valence-electron chi connectivity index (χ1n) is 8.16. The second kappa shape index (κ2) is 7.19. The fraction of sp³-hybridized carbons (Fsp3) is 0.611. The highest BCUT2D eigenvalue weighted by molar-refractivity contribution is 9.10. The summed E-state index contributed by atoms with van der Waals surface area (Å²) in [6.07, 6.45) is -12.2. The number of halogens is 7. The SMILES string of the molecule is CC(C)(C)C(=O)Nc1c(Br)cc(C(C)(C)C)cc1C(O)(C(F)(F)F)C(F)(F)F. The summed E-state index contributed by atoms with van der Waals surface area (Å²) < 4.78 is 80.8. The number of carbonyl (C=O) groups is 1. The second-order valence-electron chi connectivity index (χ2n) is 8.54. The average molecular weight is 478 g/mol. The Labute approximate surface area is 167 Å². The van der Waals surface area contributed by atoms with Crippen LogP contribution in [0.4, 0.5) is 32.0 Å². The Morgan fingerprint density at radius 2 is 1.36 bits per heavy atom. The maximum atomic E-state index is 13.5. The van der Waals surface area contributed by atoms with E-state index in [1.54, 1.807) is 20.8 Å². The minimum absolute atomic E-state index is 0.107. The lowest BCUT2D eigenvalue weighted by Crippen LogP contribution is -2.54. The predicted molar refractivity (Wildman–Crippen MR) is 96.9 cm³/mol. The fourth-order valence-corrected chi connectivity index (χ4v) is 2.78. The van der Waals surface area contributed by atoms with Crippen LogP contribution in [0.3, 0.4) is 0 Å². The molecular weight excluding hydrogens is 456 g/mol. The second-order valence-corrected chi connectivity index (χ2v) is 9.40. The van der Waals surface area contributed by atoms with E-state index < -0.39 is 45.9 Å². The standard InChI is InChI=1S/C18H22BrF6NO2/c1-14(2,3)9-7-10(16(28,17(20,21)22)18(23,24)25)12(11(19)8-9)26-13(27)15(4,5)6/h7-8,28H,1-6H3,(H,26,27). The molecule has 0 saturated carbocycles. The van der Waals surface area contributed by atoms with E-state index in [0.717, 1.165) is 0 Å². The van der Waals surface area contributed by atoms with Gasteiger partial charge in [0.1, 0.15) is 0 Å². The van der Waals surface area contributed by atoms with Gasteiger partial charge in [0, 0.05) is 15.5 Å². The summed E-state index contributed by atoms with van der Waals surface area (Å²) in [6, 6.07) is 1.94. The maximum Gasteiger partial charge on any atom is 0.430 e. The lowest BCUT2D eigenvalue weighted by molar-refractivity contribution is -0.376. The largest absolute Gasteiger partial charge is 0.430 e. The van der Waals surface area contributed by atoms with Gasteiger partial charge in [-0.15, -0.1) is 0 Å². The van der Waals surface area contributed by atoms with Gasteiger partial charge in [0.25, 0.3) is 5.60 Å². The lowest BCUT2D eigenvalue weighted by Gasteiger charge is -2.36. The molecule has 0 bridgehead atoms. The molecule has 160 valence electrons. The Hall–Kier alpha value is -1.29. The van der Waals surface area contributed by atoms with E-state index in [0.29, 0.717) is 6.07 Å². The van der Waals surface area contributed by atoms with Gasteiger partial charge in [0.2, 0.25) is 5.91 Å². The van der Waals surface area contributed by atoms with Gasteiger partial charge in [-0.05, 0) is 39.0 Å². The number of alkyl halides is 6. The molecule has 1 rings (SSSR count). The van der Waals surface area contributed by atoms with Gasteiger partial charge >= 0.3 is 12.4 Å². The molecular formula is C18H22BrF6NO2. The Balaban J connectivity index is 3.96. The van der Waals surface area contributed by atoms with Crippen LogP contribution in [0.1, 0.15) is 52.7 Å². The van der Waals surface area contributed by atoms with E-state index in [2.05, 4.69) is 21.2 Å². The van der Waals surface area contributed by atoms with E-state index in [9.17, 15) is 36.2 Å². The number of aliphatic hydroxyl groups is 1. The van der Waals surface area contributed by atoms with Crippen molar-refractivity contribution in [3.63, 3.8) is 0 Å². The Morgan fingerprint density at radius 3 is 1.68 bits per heavy atom. The number of amides is 1. The van der Waals surface area contributed by atoms with Crippen LogP contribution in [0.15, 0.2) is 16.6 Å². The van der Waals surface area contributed by atoms with Crippen LogP contribution in [-0.2, 0) is 15.8 Å². The van der Waals surface area contributed by atoms with Gasteiger partial charge < -0.3 is 10.4 Å². The number of nitrogens with one attached hydrogen (secondary N) is 1. The summed E-state index contributed by atoms with van der Waals surface area (Å²) in [6.45, 7) is 9.10. The number of benzene rings is 1. The monoisotopic (exact) mass is 477 g/mol. The van der Waals surface area contributed by atoms with Crippen LogP contribution in [-0.4, -0.2) is 23.4 Å². The zero-order chi connectivity index (χ0) is 22.5. The highest BCUT2D eigenvalue weighted by Gasteiger charge is 2.72. The van der Waals surface area contributed by atoms with Crippen molar-refractivity contribution < 1.29 is 36.2 Å². The zero-order valence-electron chi connectivity index (χ0n) is 16.2. The van der Waals surface area contributed by atoms with Crippen molar-refractivity contribution in [1.29, 1.82) is 0 Å². The molecule has 0 saturated heterocycles. The van der Waals surface area contributed by atoms with Gasteiger partial charge in [-0.1, -0.05) is 41.5 Å². The number of anilines is 1. The molecule has 0 spiro atoms. The summed E-state index contributed by atoms with van der Waals surface area (Å²) in [5.41, 5.74) is -9.29. The van der Waals surface area contributed by atoms with Crippen LogP contribution < -0.4 is 5.32 Å². The number of hydrogen-bond donors (Lipinski definition) is 2. The average Bonchev–Trinajstić information content (AvgIpc) is 2.43. The molecule has 0 aromatic heterocycles. The molecule has 0 heterocycles. The predicted octanol–water partition coefficient (Wildman–Crippen LogP) is 6.04. The van der Waals surface area contributed by atoms with Gasteiger partial charge in [-0.25, -0.2) is 0 Å². The molecule has 0 aliphatic heterocycles. The quantitative estimate of drug-likeness (QED) is 0.509. The zero-order valence-corrected chi connectivity index (χ0v) is 17.7. The third-order valence-electron chi connectivity index (χ3n) is 4.09. The summed E-state index contributed by atoms with van der Waals surface area (Å²) in [5.74, 6) is -0.815. The van der Waals surface area contributed by atoms with Crippen molar-refractivity contribution in [2.45, 2.75) is 64.9 Å². The first kappa shape index (κ1) is 24.7. The van der Waals surface area contributed by atoms with E-state index in [1.807, 2.05) is 0 Å². The van der Waals surface area contributed by atoms with Crippen LogP contribution in [0.2, 0.25) is 0 Å². The molecule has 1 aromatic rings. The fourth-order valence-electron chi connectivity index (χ4n) is 2.22. The van der Waals surface area contributed by atoms with Gasteiger partial charge in [0.05, 0.1) is 5.69 Å². The first-order valence-corrected chi connectivity index (χ1v) is 8.95. The van der Waals surface area contributed by atoms with Crippen LogP contribution in [0.5, 0.6) is 0 Å². The van der Waals surface area contributed by atoms with Gasteiger partial charge in [-0.3, -0.25) is 4.79 Å². The highest BCUT2D eigenvalue weighted by atomic mass is 79.9. The minimum atomic E-state index is -6.08. The molecule has 0 atom stereocenters. The molecule has 1 amide bonds. The van der Waals surface area contributed by atoms with Crippen molar-refractivity contribution in [2.75, 3.05) is 5.32 Å².